The Morgan fingerprint density at radius 3 is 2.63 bits per heavy atom. The fourth-order valence-electron chi connectivity index (χ4n) is 1.63. The fraction of sp³-hybridized carbons (Fsp3) is 0.583. The number of carboxylic acids is 1. The third kappa shape index (κ3) is 5.78. The molecule has 0 aliphatic carbocycles. The van der Waals surface area contributed by atoms with E-state index in [0.29, 0.717) is 31.0 Å². The maximum atomic E-state index is 11.9. The molecule has 1 aromatic heterocycles. The molecule has 0 amide bonds. The van der Waals surface area contributed by atoms with Gasteiger partial charge in [0.15, 0.2) is 0 Å². The van der Waals surface area contributed by atoms with Gasteiger partial charge in [-0.2, -0.15) is 13.2 Å². The summed E-state index contributed by atoms with van der Waals surface area (Å²) in [5, 5.41) is 11.7. The van der Waals surface area contributed by atoms with E-state index in [4.69, 9.17) is 9.52 Å². The highest BCUT2D eigenvalue weighted by molar-refractivity contribution is 5.88. The van der Waals surface area contributed by atoms with Crippen molar-refractivity contribution in [2.24, 2.45) is 0 Å². The van der Waals surface area contributed by atoms with E-state index in [-0.39, 0.29) is 12.0 Å². The summed E-state index contributed by atoms with van der Waals surface area (Å²) in [6.45, 7) is 2.29. The van der Waals surface area contributed by atoms with Crippen LogP contribution in [0.1, 0.15) is 41.1 Å². The van der Waals surface area contributed by atoms with Crippen LogP contribution in [0.5, 0.6) is 0 Å². The van der Waals surface area contributed by atoms with Gasteiger partial charge in [-0.05, 0) is 32.4 Å². The van der Waals surface area contributed by atoms with Gasteiger partial charge in [-0.3, -0.25) is 0 Å². The number of nitrogens with one attached hydrogen (secondary N) is 1. The van der Waals surface area contributed by atoms with Gasteiger partial charge in [-0.1, -0.05) is 0 Å². The van der Waals surface area contributed by atoms with Crippen LogP contribution in [0.4, 0.5) is 13.2 Å². The number of aryl methyl sites for hydroxylation is 1. The molecule has 0 aliphatic rings. The lowest BCUT2D eigenvalue weighted by molar-refractivity contribution is -0.135. The Balaban J connectivity index is 2.23. The van der Waals surface area contributed by atoms with Crippen molar-refractivity contribution in [3.05, 3.63) is 23.2 Å². The van der Waals surface area contributed by atoms with Gasteiger partial charge in [0, 0.05) is 6.42 Å². The SMILES string of the molecule is Cc1oc(CNCCCCC(F)(F)F)cc1C(=O)O. The highest BCUT2D eigenvalue weighted by Gasteiger charge is 2.25. The van der Waals surface area contributed by atoms with Gasteiger partial charge in [0.05, 0.1) is 6.54 Å². The number of rotatable bonds is 7. The number of aromatic carboxylic acids is 1. The molecule has 0 aliphatic heterocycles. The van der Waals surface area contributed by atoms with Crippen LogP contribution in [-0.4, -0.2) is 23.8 Å². The van der Waals surface area contributed by atoms with Crippen LogP contribution < -0.4 is 5.32 Å². The maximum Gasteiger partial charge on any atom is 0.389 e. The topological polar surface area (TPSA) is 62.5 Å². The van der Waals surface area contributed by atoms with Gasteiger partial charge >= 0.3 is 12.1 Å². The minimum absolute atomic E-state index is 0.0774. The van der Waals surface area contributed by atoms with Crippen LogP contribution in [0.25, 0.3) is 0 Å². The summed E-state index contributed by atoms with van der Waals surface area (Å²) in [5.41, 5.74) is 0.105. The molecule has 0 spiro atoms. The molecule has 7 heteroatoms. The monoisotopic (exact) mass is 279 g/mol. The molecule has 0 radical (unpaired) electrons. The summed E-state index contributed by atoms with van der Waals surface area (Å²) >= 11 is 0. The predicted octanol–water partition coefficient (Wildman–Crippen LogP) is 3.11. The van der Waals surface area contributed by atoms with Gasteiger partial charge in [0.1, 0.15) is 17.1 Å². The van der Waals surface area contributed by atoms with Crippen molar-refractivity contribution in [1.29, 1.82) is 0 Å². The van der Waals surface area contributed by atoms with E-state index < -0.39 is 18.6 Å². The van der Waals surface area contributed by atoms with Crippen LogP contribution in [0, 0.1) is 6.92 Å². The molecule has 0 unspecified atom stereocenters. The second kappa shape index (κ2) is 6.60. The molecule has 1 aromatic rings. The molecular formula is C12H16F3NO3. The Kier molecular flexibility index (Phi) is 5.41. The lowest BCUT2D eigenvalue weighted by Crippen LogP contribution is -2.15. The highest BCUT2D eigenvalue weighted by Crippen LogP contribution is 2.21. The summed E-state index contributed by atoms with van der Waals surface area (Å²) in [5.74, 6) is -0.273. The Hall–Kier alpha value is -1.50. The van der Waals surface area contributed by atoms with Crippen molar-refractivity contribution in [2.45, 2.75) is 38.9 Å². The number of carbonyl (C=O) groups is 1. The van der Waals surface area contributed by atoms with Crippen LogP contribution in [0.2, 0.25) is 0 Å². The van der Waals surface area contributed by atoms with Crippen LogP contribution in [-0.2, 0) is 6.54 Å². The minimum Gasteiger partial charge on any atom is -0.478 e. The Labute approximate surface area is 108 Å². The van der Waals surface area contributed by atoms with E-state index in [1.165, 1.54) is 6.07 Å². The summed E-state index contributed by atoms with van der Waals surface area (Å²) < 4.78 is 40.8. The smallest absolute Gasteiger partial charge is 0.389 e. The summed E-state index contributed by atoms with van der Waals surface area (Å²) in [6, 6.07) is 1.42. The van der Waals surface area contributed by atoms with Crippen molar-refractivity contribution < 1.29 is 27.5 Å². The molecule has 2 N–H and O–H groups in total. The zero-order valence-electron chi connectivity index (χ0n) is 10.5. The first-order chi connectivity index (χ1) is 8.79. The number of furan rings is 1. The van der Waals surface area contributed by atoms with E-state index in [0.717, 1.165) is 0 Å². The van der Waals surface area contributed by atoms with Gasteiger partial charge in [0.25, 0.3) is 0 Å². The van der Waals surface area contributed by atoms with Gasteiger partial charge in [0.2, 0.25) is 0 Å². The third-order valence-corrected chi connectivity index (χ3v) is 2.56. The standard InChI is InChI=1S/C12H16F3NO3/c1-8-10(11(17)18)6-9(19-8)7-16-5-3-2-4-12(13,14)15/h6,16H,2-5,7H2,1H3,(H,17,18). The van der Waals surface area contributed by atoms with E-state index in [9.17, 15) is 18.0 Å². The summed E-state index contributed by atoms with van der Waals surface area (Å²) in [4.78, 5) is 10.8. The van der Waals surface area contributed by atoms with Gasteiger partial charge in [-0.15, -0.1) is 0 Å². The molecule has 0 bridgehead atoms. The van der Waals surface area contributed by atoms with Crippen LogP contribution in [0.3, 0.4) is 0 Å². The van der Waals surface area contributed by atoms with E-state index >= 15 is 0 Å². The van der Waals surface area contributed by atoms with E-state index in [1.807, 2.05) is 0 Å². The quantitative estimate of drug-likeness (QED) is 0.753. The molecule has 108 valence electrons. The number of alkyl halides is 3. The molecule has 1 rings (SSSR count). The zero-order valence-corrected chi connectivity index (χ0v) is 10.5. The first kappa shape index (κ1) is 15.6. The van der Waals surface area contributed by atoms with Crippen molar-refractivity contribution in [3.63, 3.8) is 0 Å². The van der Waals surface area contributed by atoms with Gasteiger partial charge < -0.3 is 14.8 Å². The normalized spacial score (nSPS) is 11.8. The predicted molar refractivity (Wildman–Crippen MR) is 62.0 cm³/mol. The maximum absolute atomic E-state index is 11.9. The Morgan fingerprint density at radius 1 is 1.42 bits per heavy atom. The van der Waals surface area contributed by atoms with Crippen LogP contribution >= 0.6 is 0 Å². The van der Waals surface area contributed by atoms with Crippen molar-refractivity contribution in [3.8, 4) is 0 Å². The molecule has 0 saturated heterocycles. The first-order valence-electron chi connectivity index (χ1n) is 5.89. The number of halogens is 3. The third-order valence-electron chi connectivity index (χ3n) is 2.56. The molecule has 0 fully saturated rings. The Bertz CT molecular complexity index is 426. The average molecular weight is 279 g/mol. The fourth-order valence-corrected chi connectivity index (χ4v) is 1.63. The number of unbranched alkanes of at least 4 members (excludes halogenated alkanes) is 1. The summed E-state index contributed by atoms with van der Waals surface area (Å²) in [6.07, 6.45) is -4.40. The van der Waals surface area contributed by atoms with Crippen molar-refractivity contribution in [2.75, 3.05) is 6.54 Å². The van der Waals surface area contributed by atoms with E-state index in [1.54, 1.807) is 6.92 Å². The molecule has 0 saturated carbocycles. The number of carboxylic acid groups (broad SMARTS) is 1. The second-order valence-corrected chi connectivity index (χ2v) is 4.24. The molecule has 1 heterocycles. The van der Waals surface area contributed by atoms with E-state index in [2.05, 4.69) is 5.32 Å². The van der Waals surface area contributed by atoms with Gasteiger partial charge in [-0.25, -0.2) is 4.79 Å². The number of hydrogen-bond donors (Lipinski definition) is 2. The van der Waals surface area contributed by atoms with Crippen LogP contribution in [0.15, 0.2) is 10.5 Å². The van der Waals surface area contributed by atoms with Crippen molar-refractivity contribution in [1.82, 2.24) is 5.32 Å². The lowest BCUT2D eigenvalue weighted by Gasteiger charge is -2.06. The number of hydrogen-bond acceptors (Lipinski definition) is 3. The second-order valence-electron chi connectivity index (χ2n) is 4.24. The highest BCUT2D eigenvalue weighted by atomic mass is 19.4. The first-order valence-corrected chi connectivity index (χ1v) is 5.89. The molecule has 0 atom stereocenters. The largest absolute Gasteiger partial charge is 0.478 e. The minimum atomic E-state index is -4.10. The molecule has 0 aromatic carbocycles. The zero-order chi connectivity index (χ0) is 14.5. The summed E-state index contributed by atoms with van der Waals surface area (Å²) in [7, 11) is 0. The molecular weight excluding hydrogens is 263 g/mol. The molecule has 4 nitrogen and oxygen atoms in total. The molecule has 19 heavy (non-hydrogen) atoms. The lowest BCUT2D eigenvalue weighted by atomic mass is 10.2. The van der Waals surface area contributed by atoms with Crippen molar-refractivity contribution >= 4 is 5.97 Å². The average Bonchev–Trinajstić information content (AvgIpc) is 2.63. The Morgan fingerprint density at radius 2 is 2.11 bits per heavy atom.